The largest absolute Gasteiger partial charge is 0.507 e. The van der Waals surface area contributed by atoms with Crippen LogP contribution in [0.15, 0.2) is 65.1 Å². The molecule has 174 valence electrons. The summed E-state index contributed by atoms with van der Waals surface area (Å²) in [7, 11) is 0. The molecular formula is C25H16BrN3O5S. The summed E-state index contributed by atoms with van der Waals surface area (Å²) in [6.45, 7) is 0.0781. The lowest BCUT2D eigenvalue weighted by molar-refractivity contribution is 0.0641. The Bertz CT molecular complexity index is 1530. The number of nitrogens with one attached hydrogen (secondary N) is 1. The number of halogens is 1. The molecule has 0 unspecified atom stereocenters. The van der Waals surface area contributed by atoms with E-state index >= 15 is 0 Å². The van der Waals surface area contributed by atoms with E-state index in [1.807, 2.05) is 0 Å². The summed E-state index contributed by atoms with van der Waals surface area (Å²) in [5, 5.41) is 13.4. The fourth-order valence-electron chi connectivity index (χ4n) is 3.94. The van der Waals surface area contributed by atoms with Gasteiger partial charge in [0.2, 0.25) is 0 Å². The molecule has 0 bridgehead atoms. The summed E-state index contributed by atoms with van der Waals surface area (Å²) < 4.78 is 0.989. The van der Waals surface area contributed by atoms with E-state index in [1.54, 1.807) is 54.6 Å². The Hall–Kier alpha value is -4.02. The molecule has 1 aliphatic rings. The Kier molecular flexibility index (Phi) is 5.62. The van der Waals surface area contributed by atoms with Crippen LogP contribution in [0.5, 0.6) is 5.75 Å². The molecule has 35 heavy (non-hydrogen) atoms. The van der Waals surface area contributed by atoms with Crippen molar-refractivity contribution in [3.8, 4) is 5.75 Å². The van der Waals surface area contributed by atoms with Gasteiger partial charge in [-0.25, -0.2) is 0 Å². The lowest BCUT2D eigenvalue weighted by Crippen LogP contribution is -2.29. The van der Waals surface area contributed by atoms with E-state index in [1.165, 1.54) is 11.0 Å². The quantitative estimate of drug-likeness (QED) is 0.315. The van der Waals surface area contributed by atoms with E-state index in [2.05, 4.69) is 21.2 Å². The van der Waals surface area contributed by atoms with Gasteiger partial charge in [-0.2, -0.15) is 0 Å². The van der Waals surface area contributed by atoms with Crippen LogP contribution >= 0.6 is 27.3 Å². The van der Waals surface area contributed by atoms with E-state index in [4.69, 9.17) is 5.73 Å². The zero-order valence-corrected chi connectivity index (χ0v) is 20.3. The van der Waals surface area contributed by atoms with Gasteiger partial charge in [0, 0.05) is 15.6 Å². The number of carbonyl (C=O) groups excluding carboxylic acids is 4. The lowest BCUT2D eigenvalue weighted by atomic mass is 10.1. The van der Waals surface area contributed by atoms with Crippen LogP contribution in [-0.2, 0) is 6.54 Å². The number of hydrogen-bond donors (Lipinski definition) is 3. The van der Waals surface area contributed by atoms with Crippen molar-refractivity contribution >= 4 is 66.0 Å². The van der Waals surface area contributed by atoms with Crippen molar-refractivity contribution < 1.29 is 24.3 Å². The first kappa shape index (κ1) is 22.8. The number of hydrogen-bond acceptors (Lipinski definition) is 6. The van der Waals surface area contributed by atoms with Gasteiger partial charge in [-0.05, 0) is 57.9 Å². The number of imide groups is 1. The topological polar surface area (TPSA) is 130 Å². The molecule has 8 nitrogen and oxygen atoms in total. The van der Waals surface area contributed by atoms with Gasteiger partial charge in [0.25, 0.3) is 23.6 Å². The Morgan fingerprint density at radius 3 is 2.23 bits per heavy atom. The van der Waals surface area contributed by atoms with E-state index in [0.29, 0.717) is 36.8 Å². The number of benzene rings is 3. The highest BCUT2D eigenvalue weighted by atomic mass is 79.9. The second kappa shape index (κ2) is 8.64. The second-order valence-electron chi connectivity index (χ2n) is 7.86. The predicted octanol–water partition coefficient (Wildman–Crippen LogP) is 4.52. The van der Waals surface area contributed by atoms with Crippen LogP contribution in [0.25, 0.3) is 10.1 Å². The van der Waals surface area contributed by atoms with Crippen molar-refractivity contribution in [2.75, 3.05) is 5.32 Å². The maximum atomic E-state index is 12.9. The van der Waals surface area contributed by atoms with Crippen molar-refractivity contribution in [3.05, 3.63) is 93.0 Å². The number of fused-ring (bicyclic) bond motifs is 2. The first-order valence-electron chi connectivity index (χ1n) is 10.3. The molecule has 10 heteroatoms. The van der Waals surface area contributed by atoms with E-state index in [9.17, 15) is 24.3 Å². The van der Waals surface area contributed by atoms with Crippen LogP contribution in [0, 0.1) is 0 Å². The monoisotopic (exact) mass is 549 g/mol. The van der Waals surface area contributed by atoms with Crippen LogP contribution in [0.2, 0.25) is 0 Å². The molecule has 1 aromatic heterocycles. The zero-order chi connectivity index (χ0) is 24.9. The molecule has 1 aliphatic heterocycles. The van der Waals surface area contributed by atoms with Crippen LogP contribution < -0.4 is 11.1 Å². The van der Waals surface area contributed by atoms with Crippen molar-refractivity contribution in [1.82, 2.24) is 4.90 Å². The maximum absolute atomic E-state index is 12.9. The van der Waals surface area contributed by atoms with E-state index in [0.717, 1.165) is 11.3 Å². The summed E-state index contributed by atoms with van der Waals surface area (Å²) in [5.41, 5.74) is 7.46. The molecular weight excluding hydrogens is 534 g/mol. The Morgan fingerprint density at radius 2 is 1.63 bits per heavy atom. The molecule has 0 aliphatic carbocycles. The fourth-order valence-corrected chi connectivity index (χ4v) is 5.40. The first-order chi connectivity index (χ1) is 16.7. The van der Waals surface area contributed by atoms with E-state index < -0.39 is 11.8 Å². The summed E-state index contributed by atoms with van der Waals surface area (Å²) in [5.74, 6) is -1.88. The number of amides is 4. The number of phenols is 1. The highest BCUT2D eigenvalue weighted by Gasteiger charge is 2.35. The molecule has 3 aromatic carbocycles. The minimum absolute atomic E-state index is 0.00120. The zero-order valence-electron chi connectivity index (χ0n) is 17.9. The number of thiophene rings is 1. The second-order valence-corrected chi connectivity index (χ2v) is 9.77. The van der Waals surface area contributed by atoms with Gasteiger partial charge >= 0.3 is 0 Å². The number of primary amides is 1. The van der Waals surface area contributed by atoms with Crippen molar-refractivity contribution in [1.29, 1.82) is 0 Å². The average molecular weight is 550 g/mol. The smallest absolute Gasteiger partial charge is 0.261 e. The van der Waals surface area contributed by atoms with Crippen molar-refractivity contribution in [2.45, 2.75) is 6.54 Å². The van der Waals surface area contributed by atoms with Gasteiger partial charge in [-0.3, -0.25) is 24.1 Å². The van der Waals surface area contributed by atoms with Crippen molar-refractivity contribution in [3.63, 3.8) is 0 Å². The Balaban J connectivity index is 1.35. The van der Waals surface area contributed by atoms with Gasteiger partial charge in [0.05, 0.1) is 27.7 Å². The number of carbonyl (C=O) groups is 4. The van der Waals surface area contributed by atoms with Crippen molar-refractivity contribution in [2.24, 2.45) is 5.73 Å². The van der Waals surface area contributed by atoms with Gasteiger partial charge in [0.15, 0.2) is 0 Å². The fraction of sp³-hybridized carbons (Fsp3) is 0.0400. The highest BCUT2D eigenvalue weighted by Crippen LogP contribution is 2.40. The Labute approximate surface area is 211 Å². The summed E-state index contributed by atoms with van der Waals surface area (Å²) in [4.78, 5) is 51.3. The molecule has 0 fully saturated rings. The van der Waals surface area contributed by atoms with Crippen LogP contribution in [-0.4, -0.2) is 33.6 Å². The molecule has 2 heterocycles. The molecule has 0 saturated carbocycles. The van der Waals surface area contributed by atoms with Gasteiger partial charge in [-0.1, -0.05) is 24.3 Å². The van der Waals surface area contributed by atoms with E-state index in [-0.39, 0.29) is 34.7 Å². The first-order valence-corrected chi connectivity index (χ1v) is 12.0. The molecule has 0 spiro atoms. The summed E-state index contributed by atoms with van der Waals surface area (Å²) >= 11 is 4.34. The number of nitrogens with two attached hydrogens (primary N) is 1. The van der Waals surface area contributed by atoms with Crippen LogP contribution in [0.1, 0.15) is 47.0 Å². The number of phenolic OH excluding ortho intramolecular Hbond substituents is 1. The van der Waals surface area contributed by atoms with Gasteiger partial charge in [-0.15, -0.1) is 11.3 Å². The normalized spacial score (nSPS) is 12.8. The number of aromatic hydroxyl groups is 1. The number of rotatable bonds is 5. The molecule has 5 rings (SSSR count). The molecule has 4 aromatic rings. The SMILES string of the molecule is NC(=O)c1c(NC(=O)c2ccc(CN3C(=O)c4ccccc4C3=O)cc2)sc2cc(O)c(Br)cc12. The average Bonchev–Trinajstić information content (AvgIpc) is 3.29. The maximum Gasteiger partial charge on any atom is 0.261 e. The third kappa shape index (κ3) is 3.96. The molecule has 0 atom stereocenters. The minimum Gasteiger partial charge on any atom is -0.507 e. The molecule has 4 amide bonds. The highest BCUT2D eigenvalue weighted by molar-refractivity contribution is 9.10. The number of anilines is 1. The third-order valence-corrected chi connectivity index (χ3v) is 7.37. The Morgan fingerprint density at radius 1 is 1.00 bits per heavy atom. The number of nitrogens with zero attached hydrogens (tertiary/aromatic N) is 1. The standard InChI is InChI=1S/C25H16BrN3O5S/c26-17-9-16-19(10-18(17)30)35-23(20(16)21(27)31)28-22(32)13-7-5-12(6-8-13)11-29-24(33)14-3-1-2-4-15(14)25(29)34/h1-10,30H,11H2,(H2,27,31)(H,28,32). The van der Waals surface area contributed by atoms with Crippen LogP contribution in [0.4, 0.5) is 5.00 Å². The van der Waals surface area contributed by atoms with Gasteiger partial charge in [0.1, 0.15) is 10.8 Å². The summed E-state index contributed by atoms with van der Waals surface area (Å²) in [6, 6.07) is 16.2. The molecule has 4 N–H and O–H groups in total. The molecule has 0 saturated heterocycles. The van der Waals surface area contributed by atoms with Crippen LogP contribution in [0.3, 0.4) is 0 Å². The third-order valence-electron chi connectivity index (χ3n) is 5.67. The molecule has 0 radical (unpaired) electrons. The lowest BCUT2D eigenvalue weighted by Gasteiger charge is -2.14. The predicted molar refractivity (Wildman–Crippen MR) is 135 cm³/mol. The minimum atomic E-state index is -0.708. The van der Waals surface area contributed by atoms with Gasteiger partial charge < -0.3 is 16.2 Å². The summed E-state index contributed by atoms with van der Waals surface area (Å²) in [6.07, 6.45) is 0.